The van der Waals surface area contributed by atoms with Crippen LogP contribution in [-0.2, 0) is 0 Å². The molecule has 0 heterocycles. The van der Waals surface area contributed by atoms with Gasteiger partial charge in [0.15, 0.2) is 0 Å². The second-order valence-electron chi connectivity index (χ2n) is 1.63. The lowest BCUT2D eigenvalue weighted by Crippen LogP contribution is -1.60. The number of rotatable bonds is 2. The molecule has 0 radical (unpaired) electrons. The van der Waals surface area contributed by atoms with E-state index in [4.69, 9.17) is 0 Å². The lowest BCUT2D eigenvalue weighted by molar-refractivity contribution is 1.48. The van der Waals surface area contributed by atoms with Crippen LogP contribution < -0.4 is 0 Å². The Labute approximate surface area is 72.3 Å². The molecule has 0 heteroatoms. The summed E-state index contributed by atoms with van der Waals surface area (Å²) in [5, 5.41) is 0. The van der Waals surface area contributed by atoms with Gasteiger partial charge in [-0.05, 0) is 13.8 Å². The SMILES string of the molecule is C.C=C/C=C\C(C)=C/C.CC. The fourth-order valence-electron chi connectivity index (χ4n) is 0.316. The summed E-state index contributed by atoms with van der Waals surface area (Å²) in [6.45, 7) is 11.6. The molecule has 0 aromatic carbocycles. The minimum absolute atomic E-state index is 0. The van der Waals surface area contributed by atoms with Gasteiger partial charge in [0, 0.05) is 0 Å². The number of allylic oxidation sites excluding steroid dienone is 5. The lowest BCUT2D eigenvalue weighted by Gasteiger charge is -1.82. The maximum atomic E-state index is 3.55. The maximum absolute atomic E-state index is 3.55. The maximum Gasteiger partial charge on any atom is -0.0401 e. The van der Waals surface area contributed by atoms with E-state index in [-0.39, 0.29) is 7.43 Å². The standard InChI is InChI=1S/C8H12.C2H6.CH4/c1-4-6-7-8(3)5-2;1-2;/h4-7H,1H2,2-3H3;1-2H3;1H4/b7-6-,8-5-;;. The number of hydrogen-bond donors (Lipinski definition) is 0. The minimum Gasteiger partial charge on any atom is -0.0991 e. The Kier molecular flexibility index (Phi) is 24.4. The largest absolute Gasteiger partial charge is 0.0991 e. The van der Waals surface area contributed by atoms with E-state index < -0.39 is 0 Å². The third-order valence-electron chi connectivity index (χ3n) is 0.951. The first-order valence-electron chi connectivity index (χ1n) is 3.73. The van der Waals surface area contributed by atoms with Gasteiger partial charge in [-0.2, -0.15) is 0 Å². The fraction of sp³-hybridized carbons (Fsp3) is 0.455. The van der Waals surface area contributed by atoms with E-state index in [0.717, 1.165) is 0 Å². The molecule has 0 atom stereocenters. The van der Waals surface area contributed by atoms with Gasteiger partial charge in [-0.15, -0.1) is 0 Å². The van der Waals surface area contributed by atoms with E-state index in [9.17, 15) is 0 Å². The molecule has 0 aromatic rings. The van der Waals surface area contributed by atoms with Crippen molar-refractivity contribution in [2.75, 3.05) is 0 Å². The monoisotopic (exact) mass is 154 g/mol. The van der Waals surface area contributed by atoms with Crippen LogP contribution in [0.3, 0.4) is 0 Å². The fourth-order valence-corrected chi connectivity index (χ4v) is 0.316. The van der Waals surface area contributed by atoms with Crippen molar-refractivity contribution in [2.45, 2.75) is 35.1 Å². The van der Waals surface area contributed by atoms with Crippen molar-refractivity contribution in [3.8, 4) is 0 Å². The molecule has 0 spiro atoms. The molecule has 0 bridgehead atoms. The minimum atomic E-state index is 0. The zero-order chi connectivity index (χ0) is 8.41. The first kappa shape index (κ1) is 16.7. The van der Waals surface area contributed by atoms with E-state index >= 15 is 0 Å². The van der Waals surface area contributed by atoms with Crippen molar-refractivity contribution in [3.05, 3.63) is 36.5 Å². The van der Waals surface area contributed by atoms with Crippen molar-refractivity contribution >= 4 is 0 Å². The van der Waals surface area contributed by atoms with Crippen LogP contribution in [0.5, 0.6) is 0 Å². The molecule has 0 rings (SSSR count). The molecular weight excluding hydrogens is 132 g/mol. The predicted octanol–water partition coefficient (Wildman–Crippen LogP) is 4.36. The molecular formula is C11H22. The van der Waals surface area contributed by atoms with Gasteiger partial charge in [-0.1, -0.05) is 57.7 Å². The van der Waals surface area contributed by atoms with Crippen LogP contribution >= 0.6 is 0 Å². The Hall–Kier alpha value is -0.780. The van der Waals surface area contributed by atoms with E-state index in [1.54, 1.807) is 6.08 Å². The third kappa shape index (κ3) is 17.6. The van der Waals surface area contributed by atoms with Gasteiger partial charge >= 0.3 is 0 Å². The van der Waals surface area contributed by atoms with E-state index in [1.807, 2.05) is 32.9 Å². The molecule has 0 aliphatic heterocycles. The van der Waals surface area contributed by atoms with E-state index in [0.29, 0.717) is 0 Å². The number of hydrogen-bond acceptors (Lipinski definition) is 0. The quantitative estimate of drug-likeness (QED) is 0.518. The topological polar surface area (TPSA) is 0 Å². The Morgan fingerprint density at radius 2 is 1.73 bits per heavy atom. The highest BCUT2D eigenvalue weighted by molar-refractivity contribution is 5.18. The van der Waals surface area contributed by atoms with Crippen molar-refractivity contribution in [1.82, 2.24) is 0 Å². The Bertz CT molecular complexity index is 116. The highest BCUT2D eigenvalue weighted by Gasteiger charge is 1.70. The summed E-state index contributed by atoms with van der Waals surface area (Å²) in [6, 6.07) is 0. The molecule has 11 heavy (non-hydrogen) atoms. The molecule has 0 unspecified atom stereocenters. The zero-order valence-electron chi connectivity index (χ0n) is 7.52. The van der Waals surface area contributed by atoms with E-state index in [2.05, 4.69) is 19.6 Å². The molecule has 0 saturated carbocycles. The summed E-state index contributed by atoms with van der Waals surface area (Å²) >= 11 is 0. The lowest BCUT2D eigenvalue weighted by atomic mass is 10.3. The second-order valence-corrected chi connectivity index (χ2v) is 1.63. The second kappa shape index (κ2) is 16.1. The normalized spacial score (nSPS) is 9.64. The Balaban J connectivity index is -0.000000196. The van der Waals surface area contributed by atoms with Gasteiger partial charge in [0.25, 0.3) is 0 Å². The predicted molar refractivity (Wildman–Crippen MR) is 56.8 cm³/mol. The highest BCUT2D eigenvalue weighted by atomic mass is 13.8. The van der Waals surface area contributed by atoms with Crippen LogP contribution in [0.15, 0.2) is 36.5 Å². The smallest absolute Gasteiger partial charge is 0.0401 e. The van der Waals surface area contributed by atoms with Gasteiger partial charge < -0.3 is 0 Å². The van der Waals surface area contributed by atoms with Crippen molar-refractivity contribution in [1.29, 1.82) is 0 Å². The van der Waals surface area contributed by atoms with Gasteiger partial charge in [-0.3, -0.25) is 0 Å². The van der Waals surface area contributed by atoms with Gasteiger partial charge in [-0.25, -0.2) is 0 Å². The van der Waals surface area contributed by atoms with E-state index in [1.165, 1.54) is 5.57 Å². The summed E-state index contributed by atoms with van der Waals surface area (Å²) < 4.78 is 0. The molecule has 0 nitrogen and oxygen atoms in total. The third-order valence-corrected chi connectivity index (χ3v) is 0.951. The highest BCUT2D eigenvalue weighted by Crippen LogP contribution is 1.92. The summed E-state index contributed by atoms with van der Waals surface area (Å²) in [6.07, 6.45) is 7.77. The van der Waals surface area contributed by atoms with Crippen LogP contribution in [0.25, 0.3) is 0 Å². The summed E-state index contributed by atoms with van der Waals surface area (Å²) in [5.41, 5.74) is 1.27. The molecule has 66 valence electrons. The van der Waals surface area contributed by atoms with Gasteiger partial charge in [0.2, 0.25) is 0 Å². The van der Waals surface area contributed by atoms with Crippen molar-refractivity contribution < 1.29 is 0 Å². The summed E-state index contributed by atoms with van der Waals surface area (Å²) in [5.74, 6) is 0. The van der Waals surface area contributed by atoms with Crippen LogP contribution in [-0.4, -0.2) is 0 Å². The summed E-state index contributed by atoms with van der Waals surface area (Å²) in [4.78, 5) is 0. The molecule has 0 fully saturated rings. The molecule has 0 aromatic heterocycles. The first-order chi connectivity index (χ1) is 4.81. The average Bonchev–Trinajstić information content (AvgIpc) is 2.04. The van der Waals surface area contributed by atoms with Gasteiger partial charge in [0.05, 0.1) is 0 Å². The van der Waals surface area contributed by atoms with Crippen LogP contribution in [0, 0.1) is 0 Å². The molecule has 0 saturated heterocycles. The average molecular weight is 154 g/mol. The van der Waals surface area contributed by atoms with Crippen LogP contribution in [0.2, 0.25) is 0 Å². The molecule has 0 amide bonds. The molecule has 0 N–H and O–H groups in total. The summed E-state index contributed by atoms with van der Waals surface area (Å²) in [7, 11) is 0. The molecule has 0 aliphatic carbocycles. The van der Waals surface area contributed by atoms with Crippen molar-refractivity contribution in [3.63, 3.8) is 0 Å². The zero-order valence-corrected chi connectivity index (χ0v) is 7.52. The van der Waals surface area contributed by atoms with Crippen LogP contribution in [0.1, 0.15) is 35.1 Å². The Morgan fingerprint density at radius 1 is 1.27 bits per heavy atom. The van der Waals surface area contributed by atoms with Crippen LogP contribution in [0.4, 0.5) is 0 Å². The molecule has 0 aliphatic rings. The van der Waals surface area contributed by atoms with Crippen molar-refractivity contribution in [2.24, 2.45) is 0 Å². The van der Waals surface area contributed by atoms with Gasteiger partial charge in [0.1, 0.15) is 0 Å². The Morgan fingerprint density at radius 3 is 2.00 bits per heavy atom. The first-order valence-corrected chi connectivity index (χ1v) is 3.73.